The Bertz CT molecular complexity index is 341. The Morgan fingerprint density at radius 3 is 3.00 bits per heavy atom. The smallest absolute Gasteiger partial charge is 0.0894 e. The van der Waals surface area contributed by atoms with Crippen LogP contribution in [0.1, 0.15) is 11.3 Å². The summed E-state index contributed by atoms with van der Waals surface area (Å²) in [5.74, 6) is 0. The number of nitrogens with two attached hydrogens (primary N) is 2. The molecule has 0 saturated heterocycles. The average Bonchev–Trinajstić information content (AvgIpc) is 2.44. The molecule has 0 atom stereocenters. The molecule has 0 saturated carbocycles. The SMILES string of the molecule is NCC1=C(N)c2ncccc2C1. The van der Waals surface area contributed by atoms with E-state index in [4.69, 9.17) is 11.5 Å². The first-order chi connectivity index (χ1) is 5.83. The summed E-state index contributed by atoms with van der Waals surface area (Å²) < 4.78 is 0. The minimum atomic E-state index is 0.530. The fraction of sp³-hybridized carbons (Fsp3) is 0.222. The summed E-state index contributed by atoms with van der Waals surface area (Å²) in [4.78, 5) is 4.20. The molecule has 0 fully saturated rings. The van der Waals surface area contributed by atoms with Gasteiger partial charge in [-0.1, -0.05) is 6.07 Å². The van der Waals surface area contributed by atoms with Crippen molar-refractivity contribution in [1.82, 2.24) is 4.98 Å². The number of fused-ring (bicyclic) bond motifs is 1. The lowest BCUT2D eigenvalue weighted by molar-refractivity contribution is 1.06. The molecular weight excluding hydrogens is 150 g/mol. The van der Waals surface area contributed by atoms with Gasteiger partial charge in [0.25, 0.3) is 0 Å². The highest BCUT2D eigenvalue weighted by Gasteiger charge is 2.18. The molecule has 1 aliphatic carbocycles. The van der Waals surface area contributed by atoms with E-state index in [-0.39, 0.29) is 0 Å². The molecule has 0 radical (unpaired) electrons. The van der Waals surface area contributed by atoms with Gasteiger partial charge in [0.1, 0.15) is 0 Å². The first-order valence-electron chi connectivity index (χ1n) is 3.94. The quantitative estimate of drug-likeness (QED) is 0.621. The Balaban J connectivity index is 2.50. The van der Waals surface area contributed by atoms with Crippen LogP contribution < -0.4 is 11.5 Å². The number of hydrogen-bond acceptors (Lipinski definition) is 3. The van der Waals surface area contributed by atoms with E-state index in [0.29, 0.717) is 6.54 Å². The van der Waals surface area contributed by atoms with Crippen molar-refractivity contribution in [3.8, 4) is 0 Å². The molecule has 1 heterocycles. The lowest BCUT2D eigenvalue weighted by Gasteiger charge is -1.97. The van der Waals surface area contributed by atoms with Crippen LogP contribution in [0.25, 0.3) is 5.70 Å². The maximum Gasteiger partial charge on any atom is 0.0894 e. The lowest BCUT2D eigenvalue weighted by atomic mass is 10.2. The highest BCUT2D eigenvalue weighted by Crippen LogP contribution is 2.26. The van der Waals surface area contributed by atoms with Gasteiger partial charge in [-0.2, -0.15) is 0 Å². The second kappa shape index (κ2) is 2.60. The second-order valence-corrected chi connectivity index (χ2v) is 2.91. The number of aromatic nitrogens is 1. The maximum absolute atomic E-state index is 5.84. The molecule has 3 nitrogen and oxygen atoms in total. The summed E-state index contributed by atoms with van der Waals surface area (Å²) in [5.41, 5.74) is 15.4. The normalized spacial score (nSPS) is 15.1. The molecule has 1 aromatic rings. The molecule has 0 bridgehead atoms. The Hall–Kier alpha value is -1.35. The summed E-state index contributed by atoms with van der Waals surface area (Å²) >= 11 is 0. The van der Waals surface area contributed by atoms with Crippen LogP contribution in [-0.2, 0) is 6.42 Å². The number of hydrogen-bond donors (Lipinski definition) is 2. The van der Waals surface area contributed by atoms with Gasteiger partial charge < -0.3 is 11.5 Å². The number of rotatable bonds is 1. The van der Waals surface area contributed by atoms with Crippen LogP contribution in [0.5, 0.6) is 0 Å². The molecule has 4 N–H and O–H groups in total. The first-order valence-corrected chi connectivity index (χ1v) is 3.94. The Kier molecular flexibility index (Phi) is 1.59. The number of pyridine rings is 1. The molecule has 2 rings (SSSR count). The van der Waals surface area contributed by atoms with E-state index in [1.54, 1.807) is 6.20 Å². The van der Waals surface area contributed by atoms with Crippen molar-refractivity contribution in [2.24, 2.45) is 11.5 Å². The number of nitrogens with zero attached hydrogens (tertiary/aromatic N) is 1. The topological polar surface area (TPSA) is 64.9 Å². The van der Waals surface area contributed by atoms with Gasteiger partial charge in [0.2, 0.25) is 0 Å². The van der Waals surface area contributed by atoms with Crippen molar-refractivity contribution in [2.45, 2.75) is 6.42 Å². The minimum absolute atomic E-state index is 0.530. The highest BCUT2D eigenvalue weighted by atomic mass is 14.8. The van der Waals surface area contributed by atoms with Crippen LogP contribution in [0, 0.1) is 0 Å². The van der Waals surface area contributed by atoms with Gasteiger partial charge in [-0.25, -0.2) is 0 Å². The summed E-state index contributed by atoms with van der Waals surface area (Å²) in [6.07, 6.45) is 2.62. The predicted octanol–water partition coefficient (Wildman–Crippen LogP) is 0.266. The van der Waals surface area contributed by atoms with E-state index in [2.05, 4.69) is 4.98 Å². The zero-order valence-electron chi connectivity index (χ0n) is 6.75. The highest BCUT2D eigenvalue weighted by molar-refractivity contribution is 5.71. The Labute approximate surface area is 71.1 Å². The Morgan fingerprint density at radius 1 is 1.50 bits per heavy atom. The van der Waals surface area contributed by atoms with Crippen molar-refractivity contribution < 1.29 is 0 Å². The van der Waals surface area contributed by atoms with Crippen molar-refractivity contribution in [3.05, 3.63) is 35.2 Å². The minimum Gasteiger partial charge on any atom is -0.397 e. The molecule has 0 aliphatic heterocycles. The van der Waals surface area contributed by atoms with Gasteiger partial charge >= 0.3 is 0 Å². The van der Waals surface area contributed by atoms with Crippen molar-refractivity contribution >= 4 is 5.70 Å². The van der Waals surface area contributed by atoms with E-state index in [1.165, 1.54) is 5.56 Å². The summed E-state index contributed by atoms with van der Waals surface area (Å²) in [5, 5.41) is 0. The zero-order valence-corrected chi connectivity index (χ0v) is 6.75. The van der Waals surface area contributed by atoms with Crippen LogP contribution in [-0.4, -0.2) is 11.5 Å². The van der Waals surface area contributed by atoms with Crippen molar-refractivity contribution in [1.29, 1.82) is 0 Å². The molecule has 3 heteroatoms. The van der Waals surface area contributed by atoms with E-state index in [0.717, 1.165) is 23.4 Å². The largest absolute Gasteiger partial charge is 0.397 e. The van der Waals surface area contributed by atoms with Crippen molar-refractivity contribution in [3.63, 3.8) is 0 Å². The van der Waals surface area contributed by atoms with Crippen LogP contribution in [0.2, 0.25) is 0 Å². The molecule has 1 aromatic heterocycles. The molecule has 0 unspecified atom stereocenters. The molecule has 0 spiro atoms. The predicted molar refractivity (Wildman–Crippen MR) is 48.1 cm³/mol. The third-order valence-electron chi connectivity index (χ3n) is 2.18. The van der Waals surface area contributed by atoms with Gasteiger partial charge in [0.15, 0.2) is 0 Å². The molecular formula is C9H11N3. The van der Waals surface area contributed by atoms with Crippen LogP contribution >= 0.6 is 0 Å². The van der Waals surface area contributed by atoms with Crippen LogP contribution in [0.15, 0.2) is 23.9 Å². The lowest BCUT2D eigenvalue weighted by Crippen LogP contribution is -2.07. The molecule has 0 aromatic carbocycles. The van der Waals surface area contributed by atoms with Crippen molar-refractivity contribution in [2.75, 3.05) is 6.54 Å². The summed E-state index contributed by atoms with van der Waals surface area (Å²) in [7, 11) is 0. The van der Waals surface area contributed by atoms with E-state index >= 15 is 0 Å². The first kappa shape index (κ1) is 7.31. The van der Waals surface area contributed by atoms with E-state index in [1.807, 2.05) is 12.1 Å². The zero-order chi connectivity index (χ0) is 8.55. The molecule has 62 valence electrons. The molecule has 0 amide bonds. The monoisotopic (exact) mass is 161 g/mol. The third-order valence-corrected chi connectivity index (χ3v) is 2.18. The fourth-order valence-corrected chi connectivity index (χ4v) is 1.50. The average molecular weight is 161 g/mol. The molecule has 1 aliphatic rings. The van der Waals surface area contributed by atoms with Crippen LogP contribution in [0.4, 0.5) is 0 Å². The van der Waals surface area contributed by atoms with Crippen LogP contribution in [0.3, 0.4) is 0 Å². The van der Waals surface area contributed by atoms with E-state index in [9.17, 15) is 0 Å². The summed E-state index contributed by atoms with van der Waals surface area (Å²) in [6, 6.07) is 3.96. The maximum atomic E-state index is 5.84. The fourth-order valence-electron chi connectivity index (χ4n) is 1.50. The van der Waals surface area contributed by atoms with Gasteiger partial charge in [-0.15, -0.1) is 0 Å². The van der Waals surface area contributed by atoms with Gasteiger partial charge in [-0.05, 0) is 23.6 Å². The second-order valence-electron chi connectivity index (χ2n) is 2.91. The Morgan fingerprint density at radius 2 is 2.33 bits per heavy atom. The molecule has 12 heavy (non-hydrogen) atoms. The third kappa shape index (κ3) is 0.905. The summed E-state index contributed by atoms with van der Waals surface area (Å²) in [6.45, 7) is 0.530. The van der Waals surface area contributed by atoms with Gasteiger partial charge in [0, 0.05) is 12.7 Å². The van der Waals surface area contributed by atoms with E-state index < -0.39 is 0 Å². The van der Waals surface area contributed by atoms with Gasteiger partial charge in [-0.3, -0.25) is 4.98 Å². The van der Waals surface area contributed by atoms with Gasteiger partial charge in [0.05, 0.1) is 11.4 Å². The standard InChI is InChI=1S/C9H11N3/c10-5-7-4-6-2-1-3-12-9(6)8(7)11/h1-3H,4-5,10-11H2.